The number of nitrogens with zero attached hydrogens (tertiary/aromatic N) is 1. The van der Waals surface area contributed by atoms with E-state index in [1.54, 1.807) is 4.90 Å². The van der Waals surface area contributed by atoms with Crippen LogP contribution in [0.5, 0.6) is 0 Å². The van der Waals surface area contributed by atoms with Crippen LogP contribution in [0.4, 0.5) is 0 Å². The van der Waals surface area contributed by atoms with E-state index in [0.717, 1.165) is 12.8 Å². The highest BCUT2D eigenvalue weighted by Crippen LogP contribution is 2.13. The van der Waals surface area contributed by atoms with E-state index in [-0.39, 0.29) is 17.4 Å². The molecule has 4 heteroatoms. The van der Waals surface area contributed by atoms with Crippen LogP contribution in [0.25, 0.3) is 0 Å². The molecular formula is C20H32N2O2. The van der Waals surface area contributed by atoms with Crippen molar-refractivity contribution >= 4 is 11.8 Å². The molecule has 2 amide bonds. The lowest BCUT2D eigenvalue weighted by atomic mass is 10.0. The van der Waals surface area contributed by atoms with E-state index >= 15 is 0 Å². The normalized spacial score (nSPS) is 12.5. The minimum absolute atomic E-state index is 0.0596. The SMILES string of the molecule is CCCC(=O)N(CCc1ccccc1)C(CC)C(=O)NC(C)(C)C. The van der Waals surface area contributed by atoms with Crippen molar-refractivity contribution in [3.63, 3.8) is 0 Å². The Morgan fingerprint density at radius 2 is 1.75 bits per heavy atom. The fraction of sp³-hybridized carbons (Fsp3) is 0.600. The molecule has 0 aliphatic carbocycles. The maximum absolute atomic E-state index is 12.6. The van der Waals surface area contributed by atoms with Gasteiger partial charge in [0.2, 0.25) is 11.8 Å². The summed E-state index contributed by atoms with van der Waals surface area (Å²) >= 11 is 0. The van der Waals surface area contributed by atoms with Gasteiger partial charge in [-0.05, 0) is 45.6 Å². The Hall–Kier alpha value is -1.84. The van der Waals surface area contributed by atoms with Gasteiger partial charge in [0.25, 0.3) is 0 Å². The van der Waals surface area contributed by atoms with Crippen molar-refractivity contribution in [2.45, 2.75) is 71.9 Å². The maximum Gasteiger partial charge on any atom is 0.243 e. The zero-order valence-electron chi connectivity index (χ0n) is 15.8. The Morgan fingerprint density at radius 3 is 2.25 bits per heavy atom. The summed E-state index contributed by atoms with van der Waals surface area (Å²) in [6.45, 7) is 10.4. The minimum atomic E-state index is -0.410. The predicted molar refractivity (Wildman–Crippen MR) is 98.7 cm³/mol. The first-order valence-electron chi connectivity index (χ1n) is 8.94. The van der Waals surface area contributed by atoms with Crippen LogP contribution in [0.15, 0.2) is 30.3 Å². The molecule has 0 bridgehead atoms. The molecule has 0 saturated heterocycles. The molecule has 0 aromatic heterocycles. The van der Waals surface area contributed by atoms with Gasteiger partial charge in [-0.25, -0.2) is 0 Å². The molecule has 1 rings (SSSR count). The molecule has 0 spiro atoms. The van der Waals surface area contributed by atoms with Crippen molar-refractivity contribution in [2.24, 2.45) is 0 Å². The number of nitrogens with one attached hydrogen (secondary N) is 1. The highest BCUT2D eigenvalue weighted by atomic mass is 16.2. The monoisotopic (exact) mass is 332 g/mol. The number of benzene rings is 1. The molecule has 0 aliphatic heterocycles. The first-order chi connectivity index (χ1) is 11.3. The smallest absolute Gasteiger partial charge is 0.243 e. The summed E-state index contributed by atoms with van der Waals surface area (Å²) in [5.74, 6) is -0.00754. The Bertz CT molecular complexity index is 520. The second-order valence-electron chi connectivity index (χ2n) is 7.24. The van der Waals surface area contributed by atoms with E-state index in [9.17, 15) is 9.59 Å². The van der Waals surface area contributed by atoms with Gasteiger partial charge in [-0.15, -0.1) is 0 Å². The number of amides is 2. The number of hydrogen-bond acceptors (Lipinski definition) is 2. The average molecular weight is 332 g/mol. The van der Waals surface area contributed by atoms with Crippen LogP contribution in [0, 0.1) is 0 Å². The number of carbonyl (C=O) groups excluding carboxylic acids is 2. The second kappa shape index (κ2) is 9.45. The third-order valence-corrected chi connectivity index (χ3v) is 3.83. The summed E-state index contributed by atoms with van der Waals surface area (Å²) < 4.78 is 0. The lowest BCUT2D eigenvalue weighted by molar-refractivity contribution is -0.141. The van der Waals surface area contributed by atoms with E-state index in [1.807, 2.05) is 52.8 Å². The Morgan fingerprint density at radius 1 is 1.12 bits per heavy atom. The summed E-state index contributed by atoms with van der Waals surface area (Å²) in [7, 11) is 0. The molecular weight excluding hydrogens is 300 g/mol. The van der Waals surface area contributed by atoms with Crippen molar-refractivity contribution in [1.29, 1.82) is 0 Å². The van der Waals surface area contributed by atoms with Crippen molar-refractivity contribution in [3.8, 4) is 0 Å². The van der Waals surface area contributed by atoms with Gasteiger partial charge in [-0.2, -0.15) is 0 Å². The van der Waals surface area contributed by atoms with Gasteiger partial charge < -0.3 is 10.2 Å². The van der Waals surface area contributed by atoms with E-state index in [1.165, 1.54) is 5.56 Å². The van der Waals surface area contributed by atoms with Gasteiger partial charge >= 0.3 is 0 Å². The standard InChI is InChI=1S/C20H32N2O2/c1-6-11-18(23)22(15-14-16-12-9-8-10-13-16)17(7-2)19(24)21-20(3,4)5/h8-10,12-13,17H,6-7,11,14-15H2,1-5H3,(H,21,24). The average Bonchev–Trinajstić information content (AvgIpc) is 2.50. The molecule has 1 aromatic carbocycles. The predicted octanol–water partition coefficient (Wildman–Crippen LogP) is 3.55. The van der Waals surface area contributed by atoms with Crippen molar-refractivity contribution in [2.75, 3.05) is 6.54 Å². The van der Waals surface area contributed by atoms with Crippen LogP contribution in [0.3, 0.4) is 0 Å². The quantitative estimate of drug-likeness (QED) is 0.791. The Balaban J connectivity index is 2.89. The third-order valence-electron chi connectivity index (χ3n) is 3.83. The largest absolute Gasteiger partial charge is 0.350 e. The van der Waals surface area contributed by atoms with Gasteiger partial charge in [0.1, 0.15) is 6.04 Å². The zero-order valence-corrected chi connectivity index (χ0v) is 15.8. The van der Waals surface area contributed by atoms with Crippen molar-refractivity contribution in [3.05, 3.63) is 35.9 Å². The molecule has 1 unspecified atom stereocenters. The zero-order chi connectivity index (χ0) is 18.2. The minimum Gasteiger partial charge on any atom is -0.350 e. The molecule has 1 atom stereocenters. The van der Waals surface area contributed by atoms with Crippen molar-refractivity contribution in [1.82, 2.24) is 10.2 Å². The van der Waals surface area contributed by atoms with E-state index in [4.69, 9.17) is 0 Å². The fourth-order valence-corrected chi connectivity index (χ4v) is 2.71. The third kappa shape index (κ3) is 6.73. The highest BCUT2D eigenvalue weighted by Gasteiger charge is 2.29. The Labute approximate surface area is 146 Å². The number of rotatable bonds is 8. The molecule has 0 heterocycles. The van der Waals surface area contributed by atoms with E-state index < -0.39 is 6.04 Å². The fourth-order valence-electron chi connectivity index (χ4n) is 2.71. The van der Waals surface area contributed by atoms with Crippen LogP contribution in [0.2, 0.25) is 0 Å². The van der Waals surface area contributed by atoms with Crippen molar-refractivity contribution < 1.29 is 9.59 Å². The van der Waals surface area contributed by atoms with Gasteiger partial charge in [-0.1, -0.05) is 44.2 Å². The van der Waals surface area contributed by atoms with Gasteiger partial charge in [0.05, 0.1) is 0 Å². The van der Waals surface area contributed by atoms with E-state index in [2.05, 4.69) is 17.4 Å². The molecule has 1 N–H and O–H groups in total. The van der Waals surface area contributed by atoms with Gasteiger partial charge in [-0.3, -0.25) is 9.59 Å². The van der Waals surface area contributed by atoms with Gasteiger partial charge in [0.15, 0.2) is 0 Å². The van der Waals surface area contributed by atoms with Gasteiger partial charge in [0, 0.05) is 18.5 Å². The summed E-state index contributed by atoms with van der Waals surface area (Å²) in [6.07, 6.45) is 2.65. The molecule has 0 aliphatic rings. The summed E-state index contributed by atoms with van der Waals surface area (Å²) in [6, 6.07) is 9.67. The molecule has 4 nitrogen and oxygen atoms in total. The van der Waals surface area contributed by atoms with Crippen LogP contribution in [-0.2, 0) is 16.0 Å². The molecule has 24 heavy (non-hydrogen) atoms. The van der Waals surface area contributed by atoms with Crippen LogP contribution in [0.1, 0.15) is 59.4 Å². The summed E-state index contributed by atoms with van der Waals surface area (Å²) in [5.41, 5.74) is 0.876. The number of carbonyl (C=O) groups is 2. The summed E-state index contributed by atoms with van der Waals surface area (Å²) in [4.78, 5) is 27.0. The lowest BCUT2D eigenvalue weighted by Gasteiger charge is -2.33. The topological polar surface area (TPSA) is 49.4 Å². The first-order valence-corrected chi connectivity index (χ1v) is 8.94. The first kappa shape index (κ1) is 20.2. The molecule has 0 fully saturated rings. The summed E-state index contributed by atoms with van der Waals surface area (Å²) in [5, 5.41) is 3.01. The Kier molecular flexibility index (Phi) is 7.96. The molecule has 134 valence electrons. The van der Waals surface area contributed by atoms with Crippen LogP contribution < -0.4 is 5.32 Å². The molecule has 1 aromatic rings. The molecule has 0 saturated carbocycles. The van der Waals surface area contributed by atoms with E-state index in [0.29, 0.717) is 19.4 Å². The maximum atomic E-state index is 12.6. The van der Waals surface area contributed by atoms with Crippen LogP contribution in [-0.4, -0.2) is 34.8 Å². The lowest BCUT2D eigenvalue weighted by Crippen LogP contribution is -2.54. The number of hydrogen-bond donors (Lipinski definition) is 1. The highest BCUT2D eigenvalue weighted by molar-refractivity contribution is 5.88. The second-order valence-corrected chi connectivity index (χ2v) is 7.24. The molecule has 0 radical (unpaired) electrons. The van der Waals surface area contributed by atoms with Crippen LogP contribution >= 0.6 is 0 Å².